The van der Waals surface area contributed by atoms with Gasteiger partial charge in [0, 0.05) is 0 Å². The summed E-state index contributed by atoms with van der Waals surface area (Å²) in [7, 11) is 0. The van der Waals surface area contributed by atoms with Gasteiger partial charge in [-0.1, -0.05) is 19.9 Å². The van der Waals surface area contributed by atoms with Crippen LogP contribution in [0.2, 0.25) is 0 Å². The van der Waals surface area contributed by atoms with Gasteiger partial charge in [-0.2, -0.15) is 0 Å². The summed E-state index contributed by atoms with van der Waals surface area (Å²) in [6.07, 6.45) is -3.93. The monoisotopic (exact) mass is 296 g/mol. The third-order valence-corrected chi connectivity index (χ3v) is 2.52. The molecule has 0 aliphatic rings. The highest BCUT2D eigenvalue weighted by Crippen LogP contribution is 2.31. The van der Waals surface area contributed by atoms with Crippen LogP contribution in [0.1, 0.15) is 19.4 Å². The van der Waals surface area contributed by atoms with Gasteiger partial charge in [-0.15, -0.1) is 13.2 Å². The average molecular weight is 297 g/mol. The lowest BCUT2D eigenvalue weighted by molar-refractivity contribution is -0.274. The maximum absolute atomic E-state index is 12.1. The molecule has 16 heavy (non-hydrogen) atoms. The van der Waals surface area contributed by atoms with Crippen molar-refractivity contribution in [1.29, 1.82) is 0 Å². The Hall–Kier alpha value is -0.710. The van der Waals surface area contributed by atoms with E-state index >= 15 is 0 Å². The Morgan fingerprint density at radius 1 is 1.31 bits per heavy atom. The molecule has 0 heterocycles. The maximum atomic E-state index is 12.1. The summed E-state index contributed by atoms with van der Waals surface area (Å²) in [6.45, 7) is 4.01. The number of benzene rings is 1. The van der Waals surface area contributed by atoms with Crippen LogP contribution in [0.4, 0.5) is 13.2 Å². The van der Waals surface area contributed by atoms with Crippen LogP contribution in [0.3, 0.4) is 0 Å². The first kappa shape index (κ1) is 13.4. The predicted octanol–water partition coefficient (Wildman–Crippen LogP) is 4.55. The van der Waals surface area contributed by atoms with Gasteiger partial charge in [0.1, 0.15) is 5.75 Å². The molecular weight excluding hydrogens is 285 g/mol. The number of halogens is 4. The van der Waals surface area contributed by atoms with E-state index in [2.05, 4.69) is 20.7 Å². The lowest BCUT2D eigenvalue weighted by Gasteiger charge is -2.12. The zero-order chi connectivity index (χ0) is 12.3. The molecule has 1 aromatic rings. The average Bonchev–Trinajstić information content (AvgIpc) is 2.07. The van der Waals surface area contributed by atoms with Crippen LogP contribution in [0.15, 0.2) is 22.7 Å². The van der Waals surface area contributed by atoms with Crippen LogP contribution in [0, 0.1) is 5.92 Å². The Morgan fingerprint density at radius 3 is 2.44 bits per heavy atom. The Morgan fingerprint density at radius 2 is 1.94 bits per heavy atom. The molecule has 1 nitrogen and oxygen atoms in total. The van der Waals surface area contributed by atoms with Gasteiger partial charge in [-0.3, -0.25) is 0 Å². The van der Waals surface area contributed by atoms with Crippen molar-refractivity contribution in [2.45, 2.75) is 26.6 Å². The van der Waals surface area contributed by atoms with Gasteiger partial charge < -0.3 is 4.74 Å². The molecule has 0 fully saturated rings. The normalized spacial score (nSPS) is 11.9. The predicted molar refractivity (Wildman–Crippen MR) is 59.4 cm³/mol. The first-order valence-electron chi connectivity index (χ1n) is 4.82. The topological polar surface area (TPSA) is 9.23 Å². The molecule has 0 aliphatic heterocycles. The van der Waals surface area contributed by atoms with Crippen molar-refractivity contribution in [2.24, 2.45) is 5.92 Å². The summed E-state index contributed by atoms with van der Waals surface area (Å²) in [6, 6.07) is 4.77. The number of hydrogen-bond acceptors (Lipinski definition) is 1. The molecule has 1 aromatic carbocycles. The van der Waals surface area contributed by atoms with Crippen molar-refractivity contribution in [3.8, 4) is 5.75 Å². The van der Waals surface area contributed by atoms with E-state index in [9.17, 15) is 13.2 Å². The third kappa shape index (κ3) is 4.43. The van der Waals surface area contributed by atoms with Crippen LogP contribution < -0.4 is 4.74 Å². The van der Waals surface area contributed by atoms with E-state index in [1.54, 1.807) is 12.1 Å². The van der Waals surface area contributed by atoms with Crippen molar-refractivity contribution in [1.82, 2.24) is 0 Å². The van der Waals surface area contributed by atoms with Crippen LogP contribution >= 0.6 is 15.9 Å². The molecule has 5 heteroatoms. The molecule has 0 aromatic heterocycles. The molecule has 0 spiro atoms. The summed E-state index contributed by atoms with van der Waals surface area (Å²) in [5.74, 6) is 0.200. The lowest BCUT2D eigenvalue weighted by Crippen LogP contribution is -2.17. The summed E-state index contributed by atoms with van der Waals surface area (Å²) in [4.78, 5) is 0. The minimum atomic E-state index is -4.65. The highest BCUT2D eigenvalue weighted by Gasteiger charge is 2.32. The van der Waals surface area contributed by atoms with Gasteiger partial charge in [0.15, 0.2) is 0 Å². The lowest BCUT2D eigenvalue weighted by atomic mass is 10.0. The van der Waals surface area contributed by atoms with Crippen molar-refractivity contribution in [2.75, 3.05) is 0 Å². The second kappa shape index (κ2) is 5.08. The van der Waals surface area contributed by atoms with Crippen LogP contribution in [0.25, 0.3) is 0 Å². The van der Waals surface area contributed by atoms with Gasteiger partial charge in [0.2, 0.25) is 0 Å². The van der Waals surface area contributed by atoms with E-state index in [1.165, 1.54) is 6.07 Å². The molecule has 0 amide bonds. The zero-order valence-corrected chi connectivity index (χ0v) is 10.5. The highest BCUT2D eigenvalue weighted by atomic mass is 79.9. The molecule has 0 saturated carbocycles. The second-order valence-corrected chi connectivity index (χ2v) is 4.76. The van der Waals surface area contributed by atoms with Gasteiger partial charge >= 0.3 is 6.36 Å². The molecule has 1 rings (SSSR count). The van der Waals surface area contributed by atoms with E-state index in [0.717, 1.165) is 12.0 Å². The Bertz CT molecular complexity index is 361. The molecule has 0 radical (unpaired) electrons. The summed E-state index contributed by atoms with van der Waals surface area (Å²) in [5, 5.41) is 0. The van der Waals surface area contributed by atoms with Crippen molar-refractivity contribution >= 4 is 15.9 Å². The van der Waals surface area contributed by atoms with E-state index < -0.39 is 6.36 Å². The van der Waals surface area contributed by atoms with Gasteiger partial charge in [-0.05, 0) is 46.0 Å². The molecule has 0 atom stereocenters. The Labute approximate surface area is 101 Å². The SMILES string of the molecule is CC(C)Cc1ccc(Br)c(OC(F)(F)F)c1. The van der Waals surface area contributed by atoms with Crippen molar-refractivity contribution < 1.29 is 17.9 Å². The smallest absolute Gasteiger partial charge is 0.405 e. The zero-order valence-electron chi connectivity index (χ0n) is 8.94. The van der Waals surface area contributed by atoms with Crippen LogP contribution in [0.5, 0.6) is 5.75 Å². The summed E-state index contributed by atoms with van der Waals surface area (Å²) < 4.78 is 40.4. The third-order valence-electron chi connectivity index (χ3n) is 1.87. The first-order valence-corrected chi connectivity index (χ1v) is 5.61. The van der Waals surface area contributed by atoms with E-state index in [0.29, 0.717) is 10.4 Å². The molecule has 0 aliphatic carbocycles. The Kier molecular flexibility index (Phi) is 4.24. The molecule has 0 N–H and O–H groups in total. The fourth-order valence-corrected chi connectivity index (χ4v) is 1.68. The van der Waals surface area contributed by atoms with Gasteiger partial charge in [0.25, 0.3) is 0 Å². The summed E-state index contributed by atoms with van der Waals surface area (Å²) >= 11 is 3.02. The summed E-state index contributed by atoms with van der Waals surface area (Å²) in [5.41, 5.74) is 0.831. The minimum Gasteiger partial charge on any atom is -0.405 e. The second-order valence-electron chi connectivity index (χ2n) is 3.91. The van der Waals surface area contributed by atoms with Crippen LogP contribution in [-0.4, -0.2) is 6.36 Å². The number of rotatable bonds is 3. The minimum absolute atomic E-state index is 0.189. The van der Waals surface area contributed by atoms with E-state index in [-0.39, 0.29) is 5.75 Å². The number of alkyl halides is 3. The molecule has 0 unspecified atom stereocenters. The van der Waals surface area contributed by atoms with Crippen LogP contribution in [-0.2, 0) is 6.42 Å². The number of ether oxygens (including phenoxy) is 1. The van der Waals surface area contributed by atoms with Crippen molar-refractivity contribution in [3.05, 3.63) is 28.2 Å². The highest BCUT2D eigenvalue weighted by molar-refractivity contribution is 9.10. The van der Waals surface area contributed by atoms with E-state index in [4.69, 9.17) is 0 Å². The van der Waals surface area contributed by atoms with Gasteiger partial charge in [0.05, 0.1) is 4.47 Å². The molecular formula is C11H12BrF3O. The standard InChI is InChI=1S/C11H12BrF3O/c1-7(2)5-8-3-4-9(12)10(6-8)16-11(13,14)15/h3-4,6-7H,5H2,1-2H3. The largest absolute Gasteiger partial charge is 0.573 e. The van der Waals surface area contributed by atoms with Crippen molar-refractivity contribution in [3.63, 3.8) is 0 Å². The van der Waals surface area contributed by atoms with Gasteiger partial charge in [-0.25, -0.2) is 0 Å². The quantitative estimate of drug-likeness (QED) is 0.795. The molecule has 0 saturated heterocycles. The van der Waals surface area contributed by atoms with E-state index in [1.807, 2.05) is 13.8 Å². The first-order chi connectivity index (χ1) is 7.28. The maximum Gasteiger partial charge on any atom is 0.573 e. The molecule has 90 valence electrons. The fraction of sp³-hybridized carbons (Fsp3) is 0.455. The number of hydrogen-bond donors (Lipinski definition) is 0. The fourth-order valence-electron chi connectivity index (χ4n) is 1.35. The molecule has 0 bridgehead atoms. The Balaban J connectivity index is 2.90.